The summed E-state index contributed by atoms with van der Waals surface area (Å²) in [7, 11) is 0. The summed E-state index contributed by atoms with van der Waals surface area (Å²) in [6, 6.07) is 2.04. The van der Waals surface area contributed by atoms with E-state index in [0.717, 1.165) is 67.9 Å². The molecule has 5 rings (SSSR count). The van der Waals surface area contributed by atoms with Gasteiger partial charge in [0.15, 0.2) is 5.13 Å². The summed E-state index contributed by atoms with van der Waals surface area (Å²) in [6.45, 7) is 4.08. The van der Waals surface area contributed by atoms with Crippen molar-refractivity contribution in [2.75, 3.05) is 31.1 Å². The molecule has 0 bridgehead atoms. The number of rotatable bonds is 3. The standard InChI is InChI=1S/C20H26N4OS/c25-19(24-12-15-2-1-3-16(15)13-24)10-14-5-8-23(9-6-14)20-22-17-11-21-7-4-18(17)26-20/h4,7,11,14-16H,1-3,5-6,8-10,12-13H2. The van der Waals surface area contributed by atoms with Gasteiger partial charge in [0.05, 0.1) is 10.9 Å². The molecule has 3 aliphatic rings. The van der Waals surface area contributed by atoms with E-state index in [1.807, 2.05) is 18.5 Å². The Morgan fingerprint density at radius 1 is 1.15 bits per heavy atom. The van der Waals surface area contributed by atoms with Crippen LogP contribution in [-0.4, -0.2) is 47.0 Å². The average molecular weight is 371 g/mol. The second-order valence-corrected chi connectivity index (χ2v) is 9.23. The van der Waals surface area contributed by atoms with Crippen LogP contribution in [0.5, 0.6) is 0 Å². The molecule has 138 valence electrons. The van der Waals surface area contributed by atoms with Crippen molar-refractivity contribution >= 4 is 32.6 Å². The van der Waals surface area contributed by atoms with Gasteiger partial charge in [0.1, 0.15) is 5.52 Å². The summed E-state index contributed by atoms with van der Waals surface area (Å²) >= 11 is 1.75. The molecule has 0 radical (unpaired) electrons. The van der Waals surface area contributed by atoms with Crippen LogP contribution in [0.2, 0.25) is 0 Å². The lowest BCUT2D eigenvalue weighted by Crippen LogP contribution is -2.37. The number of pyridine rings is 1. The maximum atomic E-state index is 12.7. The smallest absolute Gasteiger partial charge is 0.222 e. The summed E-state index contributed by atoms with van der Waals surface area (Å²) in [5, 5.41) is 1.10. The first kappa shape index (κ1) is 16.5. The first-order chi connectivity index (χ1) is 12.8. The summed E-state index contributed by atoms with van der Waals surface area (Å²) in [5.41, 5.74) is 0.990. The van der Waals surface area contributed by atoms with Gasteiger partial charge in [0.25, 0.3) is 0 Å². The van der Waals surface area contributed by atoms with E-state index in [1.54, 1.807) is 11.3 Å². The van der Waals surface area contributed by atoms with E-state index >= 15 is 0 Å². The molecule has 2 aliphatic heterocycles. The Hall–Kier alpha value is -1.69. The fourth-order valence-electron chi connectivity index (χ4n) is 5.05. The molecule has 0 spiro atoms. The van der Waals surface area contributed by atoms with E-state index < -0.39 is 0 Å². The van der Waals surface area contributed by atoms with Crippen LogP contribution in [0.3, 0.4) is 0 Å². The minimum Gasteiger partial charge on any atom is -0.348 e. The van der Waals surface area contributed by atoms with E-state index in [9.17, 15) is 4.79 Å². The molecular weight excluding hydrogens is 344 g/mol. The molecule has 26 heavy (non-hydrogen) atoms. The highest BCUT2D eigenvalue weighted by atomic mass is 32.1. The van der Waals surface area contributed by atoms with Gasteiger partial charge in [-0.1, -0.05) is 17.8 Å². The van der Waals surface area contributed by atoms with Crippen LogP contribution < -0.4 is 4.90 Å². The topological polar surface area (TPSA) is 49.3 Å². The van der Waals surface area contributed by atoms with Crippen molar-refractivity contribution in [2.24, 2.45) is 17.8 Å². The zero-order valence-electron chi connectivity index (χ0n) is 15.1. The number of piperidine rings is 1. The number of amides is 1. The zero-order chi connectivity index (χ0) is 17.5. The number of hydrogen-bond donors (Lipinski definition) is 0. The number of carbonyl (C=O) groups is 1. The lowest BCUT2D eigenvalue weighted by atomic mass is 9.93. The molecule has 3 fully saturated rings. The number of anilines is 1. The van der Waals surface area contributed by atoms with Crippen molar-refractivity contribution in [1.29, 1.82) is 0 Å². The number of likely N-dealkylation sites (tertiary alicyclic amines) is 1. The Labute approximate surface area is 158 Å². The molecule has 4 heterocycles. The van der Waals surface area contributed by atoms with Crippen molar-refractivity contribution in [2.45, 2.75) is 38.5 Å². The fraction of sp³-hybridized carbons (Fsp3) is 0.650. The maximum Gasteiger partial charge on any atom is 0.222 e. The van der Waals surface area contributed by atoms with Gasteiger partial charge in [0, 0.05) is 38.8 Å². The summed E-state index contributed by atoms with van der Waals surface area (Å²) in [6.07, 6.45) is 10.7. The third-order valence-electron chi connectivity index (χ3n) is 6.61. The number of fused-ring (bicyclic) bond motifs is 2. The lowest BCUT2D eigenvalue weighted by molar-refractivity contribution is -0.131. The fourth-order valence-corrected chi connectivity index (χ4v) is 6.03. The highest BCUT2D eigenvalue weighted by Crippen LogP contribution is 2.38. The molecular formula is C20H26N4OS. The molecule has 0 aromatic carbocycles. The lowest BCUT2D eigenvalue weighted by Gasteiger charge is -2.32. The number of nitrogens with zero attached hydrogens (tertiary/aromatic N) is 4. The minimum atomic E-state index is 0.406. The second-order valence-electron chi connectivity index (χ2n) is 8.22. The normalized spacial score (nSPS) is 26.6. The van der Waals surface area contributed by atoms with Gasteiger partial charge < -0.3 is 9.80 Å². The van der Waals surface area contributed by atoms with Crippen LogP contribution >= 0.6 is 11.3 Å². The molecule has 2 aromatic rings. The zero-order valence-corrected chi connectivity index (χ0v) is 16.0. The monoisotopic (exact) mass is 370 g/mol. The van der Waals surface area contributed by atoms with Crippen molar-refractivity contribution < 1.29 is 4.79 Å². The second kappa shape index (κ2) is 6.80. The van der Waals surface area contributed by atoms with Crippen LogP contribution in [0, 0.1) is 17.8 Å². The van der Waals surface area contributed by atoms with Gasteiger partial charge in [0.2, 0.25) is 5.91 Å². The quantitative estimate of drug-likeness (QED) is 0.829. The molecule has 1 saturated carbocycles. The first-order valence-electron chi connectivity index (χ1n) is 9.99. The van der Waals surface area contributed by atoms with Crippen molar-refractivity contribution in [3.05, 3.63) is 18.5 Å². The van der Waals surface area contributed by atoms with Crippen LogP contribution in [0.1, 0.15) is 38.5 Å². The van der Waals surface area contributed by atoms with Crippen LogP contribution in [-0.2, 0) is 4.79 Å². The predicted molar refractivity (Wildman–Crippen MR) is 104 cm³/mol. The van der Waals surface area contributed by atoms with Crippen LogP contribution in [0.15, 0.2) is 18.5 Å². The molecule has 2 saturated heterocycles. The third-order valence-corrected chi connectivity index (χ3v) is 7.70. The van der Waals surface area contributed by atoms with E-state index in [4.69, 9.17) is 4.98 Å². The Morgan fingerprint density at radius 3 is 2.65 bits per heavy atom. The minimum absolute atomic E-state index is 0.406. The predicted octanol–water partition coefficient (Wildman–Crippen LogP) is 3.56. The molecule has 1 aliphatic carbocycles. The van der Waals surface area contributed by atoms with E-state index in [1.165, 1.54) is 24.0 Å². The van der Waals surface area contributed by atoms with Gasteiger partial charge in [-0.25, -0.2) is 4.98 Å². The van der Waals surface area contributed by atoms with Gasteiger partial charge in [-0.3, -0.25) is 9.78 Å². The summed E-state index contributed by atoms with van der Waals surface area (Å²) in [4.78, 5) is 26.1. The molecule has 6 heteroatoms. The van der Waals surface area contributed by atoms with Crippen molar-refractivity contribution in [3.8, 4) is 0 Å². The Kier molecular flexibility index (Phi) is 4.31. The Morgan fingerprint density at radius 2 is 1.92 bits per heavy atom. The number of thiazole rings is 1. The first-order valence-corrected chi connectivity index (χ1v) is 10.8. The SMILES string of the molecule is O=C(CC1CCN(c2nc3cnccc3s2)CC1)N1CC2CCCC2C1. The van der Waals surface area contributed by atoms with Crippen LogP contribution in [0.25, 0.3) is 10.2 Å². The highest BCUT2D eigenvalue weighted by molar-refractivity contribution is 7.22. The van der Waals surface area contributed by atoms with E-state index in [2.05, 4.69) is 14.8 Å². The van der Waals surface area contributed by atoms with Gasteiger partial charge >= 0.3 is 0 Å². The molecule has 2 unspecified atom stereocenters. The summed E-state index contributed by atoms with van der Waals surface area (Å²) < 4.78 is 1.20. The molecule has 2 atom stereocenters. The highest BCUT2D eigenvalue weighted by Gasteiger charge is 2.38. The molecule has 2 aromatic heterocycles. The van der Waals surface area contributed by atoms with Crippen molar-refractivity contribution in [3.63, 3.8) is 0 Å². The van der Waals surface area contributed by atoms with Gasteiger partial charge in [-0.15, -0.1) is 0 Å². The van der Waals surface area contributed by atoms with E-state index in [-0.39, 0.29) is 0 Å². The van der Waals surface area contributed by atoms with Crippen molar-refractivity contribution in [1.82, 2.24) is 14.9 Å². The maximum absolute atomic E-state index is 12.7. The van der Waals surface area contributed by atoms with Gasteiger partial charge in [-0.05, 0) is 49.5 Å². The molecule has 1 amide bonds. The van der Waals surface area contributed by atoms with Crippen LogP contribution in [0.4, 0.5) is 5.13 Å². The largest absolute Gasteiger partial charge is 0.348 e. The molecule has 5 nitrogen and oxygen atoms in total. The number of hydrogen-bond acceptors (Lipinski definition) is 5. The number of carbonyl (C=O) groups excluding carboxylic acids is 1. The van der Waals surface area contributed by atoms with Gasteiger partial charge in [-0.2, -0.15) is 0 Å². The van der Waals surface area contributed by atoms with E-state index in [0.29, 0.717) is 11.8 Å². The third kappa shape index (κ3) is 3.08. The summed E-state index contributed by atoms with van der Waals surface area (Å²) in [5.74, 6) is 2.54. The Balaban J connectivity index is 1.15. The average Bonchev–Trinajstić information content (AvgIpc) is 3.36. The Bertz CT molecular complexity index is 753. The molecule has 0 N–H and O–H groups in total. The number of aromatic nitrogens is 2.